The fourth-order valence-corrected chi connectivity index (χ4v) is 2.32. The van der Waals surface area contributed by atoms with Crippen LogP contribution in [-0.4, -0.2) is 19.4 Å². The van der Waals surface area contributed by atoms with E-state index in [0.717, 1.165) is 22.9 Å². The third kappa shape index (κ3) is 4.73. The molecule has 1 unspecified atom stereocenters. The zero-order valence-electron chi connectivity index (χ0n) is 16.0. The molecule has 0 fully saturated rings. The van der Waals surface area contributed by atoms with Crippen LogP contribution in [0.5, 0.6) is 11.5 Å². The number of carbonyl (C=O) groups is 1. The summed E-state index contributed by atoms with van der Waals surface area (Å²) in [5, 5.41) is 2.01. The van der Waals surface area contributed by atoms with E-state index in [1.54, 1.807) is 7.11 Å². The summed E-state index contributed by atoms with van der Waals surface area (Å²) in [4.78, 5) is 12.2. The van der Waals surface area contributed by atoms with Crippen LogP contribution in [0.1, 0.15) is 41.0 Å². The van der Waals surface area contributed by atoms with Crippen molar-refractivity contribution < 1.29 is 19.0 Å². The highest BCUT2D eigenvalue weighted by Gasteiger charge is 2.27. The Kier molecular flexibility index (Phi) is 6.07. The average Bonchev–Trinajstić information content (AvgIpc) is 2.59. The minimum absolute atomic E-state index is 0.214. The van der Waals surface area contributed by atoms with Gasteiger partial charge in [0.15, 0.2) is 0 Å². The number of carbonyl (C=O) groups excluding carboxylic acids is 1. The summed E-state index contributed by atoms with van der Waals surface area (Å²) in [6, 6.07) is 11.4. The standard InChI is InChI=1S/C21H28O4/c1-7-21(4,5)20(22)25-18-11-9-15-12-17(10-8-16(15)13-18)24-19(23-6)14(2)3/h8-14,19H,7H2,1-6H3. The van der Waals surface area contributed by atoms with Gasteiger partial charge in [-0.1, -0.05) is 32.9 Å². The maximum Gasteiger partial charge on any atom is 0.316 e. The van der Waals surface area contributed by atoms with Crippen LogP contribution < -0.4 is 9.47 Å². The van der Waals surface area contributed by atoms with Crippen LogP contribution in [0.4, 0.5) is 0 Å². The number of methoxy groups -OCH3 is 1. The lowest BCUT2D eigenvalue weighted by Gasteiger charge is -2.21. The molecule has 0 saturated heterocycles. The lowest BCUT2D eigenvalue weighted by atomic mass is 9.91. The molecule has 1 atom stereocenters. The van der Waals surface area contributed by atoms with Crippen LogP contribution in [0.3, 0.4) is 0 Å². The van der Waals surface area contributed by atoms with Crippen molar-refractivity contribution in [2.75, 3.05) is 7.11 Å². The van der Waals surface area contributed by atoms with E-state index in [9.17, 15) is 4.79 Å². The Labute approximate surface area is 150 Å². The molecule has 0 spiro atoms. The molecule has 0 saturated carbocycles. The second-order valence-electron chi connectivity index (χ2n) is 7.26. The van der Waals surface area contributed by atoms with Gasteiger partial charge in [0.1, 0.15) is 11.5 Å². The minimum Gasteiger partial charge on any atom is -0.465 e. The predicted octanol–water partition coefficient (Wildman–Crippen LogP) is 5.19. The van der Waals surface area contributed by atoms with E-state index in [-0.39, 0.29) is 18.2 Å². The van der Waals surface area contributed by atoms with Crippen molar-refractivity contribution in [3.05, 3.63) is 36.4 Å². The molecule has 0 amide bonds. The minimum atomic E-state index is -0.487. The van der Waals surface area contributed by atoms with Crippen LogP contribution in [0.25, 0.3) is 10.8 Å². The van der Waals surface area contributed by atoms with Crippen molar-refractivity contribution in [1.82, 2.24) is 0 Å². The van der Waals surface area contributed by atoms with E-state index in [4.69, 9.17) is 14.2 Å². The monoisotopic (exact) mass is 344 g/mol. The van der Waals surface area contributed by atoms with E-state index in [1.165, 1.54) is 0 Å². The highest BCUT2D eigenvalue weighted by Crippen LogP contribution is 2.28. The largest absolute Gasteiger partial charge is 0.465 e. The van der Waals surface area contributed by atoms with Crippen LogP contribution in [-0.2, 0) is 9.53 Å². The average molecular weight is 344 g/mol. The van der Waals surface area contributed by atoms with E-state index in [1.807, 2.05) is 71.0 Å². The Morgan fingerprint density at radius 1 is 1.04 bits per heavy atom. The van der Waals surface area contributed by atoms with Gasteiger partial charge in [0.05, 0.1) is 5.41 Å². The number of fused-ring (bicyclic) bond motifs is 1. The summed E-state index contributed by atoms with van der Waals surface area (Å²) < 4.78 is 16.8. The summed E-state index contributed by atoms with van der Waals surface area (Å²) in [7, 11) is 1.64. The lowest BCUT2D eigenvalue weighted by molar-refractivity contribution is -0.144. The topological polar surface area (TPSA) is 44.8 Å². The van der Waals surface area contributed by atoms with Gasteiger partial charge in [-0.25, -0.2) is 0 Å². The highest BCUT2D eigenvalue weighted by molar-refractivity contribution is 5.86. The summed E-state index contributed by atoms with van der Waals surface area (Å²) in [5.74, 6) is 1.35. The lowest BCUT2D eigenvalue weighted by Crippen LogP contribution is -2.28. The number of benzene rings is 2. The molecule has 4 heteroatoms. The molecule has 0 aliphatic heterocycles. The van der Waals surface area contributed by atoms with Gasteiger partial charge in [0.25, 0.3) is 0 Å². The zero-order chi connectivity index (χ0) is 18.6. The van der Waals surface area contributed by atoms with Gasteiger partial charge in [-0.05, 0) is 55.3 Å². The van der Waals surface area contributed by atoms with Gasteiger partial charge in [0.2, 0.25) is 6.29 Å². The van der Waals surface area contributed by atoms with Gasteiger partial charge in [-0.15, -0.1) is 0 Å². The van der Waals surface area contributed by atoms with E-state index >= 15 is 0 Å². The van der Waals surface area contributed by atoms with Gasteiger partial charge >= 0.3 is 5.97 Å². The molecular weight excluding hydrogens is 316 g/mol. The van der Waals surface area contributed by atoms with E-state index in [0.29, 0.717) is 5.75 Å². The van der Waals surface area contributed by atoms with Crippen molar-refractivity contribution in [3.63, 3.8) is 0 Å². The Bertz CT molecular complexity index is 734. The van der Waals surface area contributed by atoms with Crippen molar-refractivity contribution in [2.45, 2.75) is 47.3 Å². The van der Waals surface area contributed by atoms with Crippen molar-refractivity contribution in [1.29, 1.82) is 0 Å². The van der Waals surface area contributed by atoms with Crippen LogP contribution in [0, 0.1) is 11.3 Å². The summed E-state index contributed by atoms with van der Waals surface area (Å²) >= 11 is 0. The molecule has 0 heterocycles. The highest BCUT2D eigenvalue weighted by atomic mass is 16.7. The Morgan fingerprint density at radius 3 is 2.12 bits per heavy atom. The van der Waals surface area contributed by atoms with E-state index < -0.39 is 5.41 Å². The maximum absolute atomic E-state index is 12.2. The fourth-order valence-electron chi connectivity index (χ4n) is 2.32. The Balaban J connectivity index is 2.19. The fraction of sp³-hybridized carbons (Fsp3) is 0.476. The van der Waals surface area contributed by atoms with Gasteiger partial charge in [0, 0.05) is 13.0 Å². The van der Waals surface area contributed by atoms with Gasteiger partial charge < -0.3 is 14.2 Å². The molecule has 0 radical (unpaired) electrons. The van der Waals surface area contributed by atoms with Crippen LogP contribution in [0.2, 0.25) is 0 Å². The quantitative estimate of drug-likeness (QED) is 0.394. The molecule has 25 heavy (non-hydrogen) atoms. The molecule has 0 bridgehead atoms. The number of ether oxygens (including phenoxy) is 3. The molecule has 0 aromatic heterocycles. The van der Waals surface area contributed by atoms with Crippen LogP contribution in [0.15, 0.2) is 36.4 Å². The van der Waals surface area contributed by atoms with Crippen molar-refractivity contribution >= 4 is 16.7 Å². The van der Waals surface area contributed by atoms with Crippen molar-refractivity contribution in [2.24, 2.45) is 11.3 Å². The predicted molar refractivity (Wildman–Crippen MR) is 99.9 cm³/mol. The molecule has 2 aromatic rings. The van der Waals surface area contributed by atoms with Gasteiger partial charge in [-0.2, -0.15) is 0 Å². The number of hydrogen-bond donors (Lipinski definition) is 0. The zero-order valence-corrected chi connectivity index (χ0v) is 16.0. The molecule has 0 aliphatic rings. The van der Waals surface area contributed by atoms with E-state index in [2.05, 4.69) is 0 Å². The molecule has 2 aromatic carbocycles. The molecular formula is C21H28O4. The number of hydrogen-bond acceptors (Lipinski definition) is 4. The number of esters is 1. The third-order valence-electron chi connectivity index (χ3n) is 4.46. The first-order valence-corrected chi connectivity index (χ1v) is 8.72. The molecule has 0 N–H and O–H groups in total. The molecule has 2 rings (SSSR count). The van der Waals surface area contributed by atoms with Gasteiger partial charge in [-0.3, -0.25) is 4.79 Å². The normalized spacial score (nSPS) is 13.1. The molecule has 4 nitrogen and oxygen atoms in total. The number of rotatable bonds is 7. The second-order valence-corrected chi connectivity index (χ2v) is 7.26. The molecule has 136 valence electrons. The summed E-state index contributed by atoms with van der Waals surface area (Å²) in [6.45, 7) is 9.86. The first-order valence-electron chi connectivity index (χ1n) is 8.72. The Hall–Kier alpha value is -2.07. The third-order valence-corrected chi connectivity index (χ3v) is 4.46. The van der Waals surface area contributed by atoms with Crippen molar-refractivity contribution in [3.8, 4) is 11.5 Å². The summed E-state index contributed by atoms with van der Waals surface area (Å²) in [6.07, 6.45) is 0.449. The SMILES string of the molecule is CCC(C)(C)C(=O)Oc1ccc2cc(OC(OC)C(C)C)ccc2c1. The maximum atomic E-state index is 12.2. The van der Waals surface area contributed by atoms with Crippen LogP contribution >= 0.6 is 0 Å². The Morgan fingerprint density at radius 2 is 1.60 bits per heavy atom. The first-order chi connectivity index (χ1) is 11.8. The smallest absolute Gasteiger partial charge is 0.316 e. The first kappa shape index (κ1) is 19.3. The summed E-state index contributed by atoms with van der Waals surface area (Å²) in [5.41, 5.74) is -0.487. The molecule has 0 aliphatic carbocycles. The second kappa shape index (κ2) is 7.87.